The maximum atomic E-state index is 12.9. The molecule has 2 heterocycles. The average molecular weight is 370 g/mol. The number of hydrazine groups is 1. The van der Waals surface area contributed by atoms with E-state index in [4.69, 9.17) is 4.42 Å². The number of carbonyl (C=O) groups is 3. The van der Waals surface area contributed by atoms with Crippen LogP contribution in [0.4, 0.5) is 4.79 Å². The van der Waals surface area contributed by atoms with E-state index >= 15 is 0 Å². The van der Waals surface area contributed by atoms with Crippen molar-refractivity contribution in [3.63, 3.8) is 0 Å². The van der Waals surface area contributed by atoms with Gasteiger partial charge in [-0.2, -0.15) is 5.01 Å². The number of imide groups is 1. The number of carbonyl (C=O) groups excluding carboxylic acids is 3. The van der Waals surface area contributed by atoms with Crippen molar-refractivity contribution in [1.82, 2.24) is 21.1 Å². The second-order valence-corrected chi connectivity index (χ2v) is 6.35. The predicted octanol–water partition coefficient (Wildman–Crippen LogP) is 1.82. The molecular weight excluding hydrogens is 348 g/mol. The Bertz CT molecular complexity index is 821. The first-order valence-corrected chi connectivity index (χ1v) is 8.76. The summed E-state index contributed by atoms with van der Waals surface area (Å²) in [7, 11) is 0. The van der Waals surface area contributed by atoms with Gasteiger partial charge in [-0.05, 0) is 31.0 Å². The monoisotopic (exact) mass is 370 g/mol. The molecule has 27 heavy (non-hydrogen) atoms. The zero-order chi connectivity index (χ0) is 19.4. The molecule has 2 atom stereocenters. The van der Waals surface area contributed by atoms with Gasteiger partial charge in [-0.25, -0.2) is 4.79 Å². The Morgan fingerprint density at radius 1 is 1.22 bits per heavy atom. The fourth-order valence-corrected chi connectivity index (χ4v) is 3.09. The topological polar surface area (TPSA) is 104 Å². The Kier molecular flexibility index (Phi) is 5.27. The van der Waals surface area contributed by atoms with Gasteiger partial charge in [0, 0.05) is 0 Å². The molecule has 0 unspecified atom stereocenters. The van der Waals surface area contributed by atoms with Gasteiger partial charge in [-0.1, -0.05) is 37.3 Å². The Balaban J connectivity index is 1.66. The number of hydrogen-bond acceptors (Lipinski definition) is 5. The van der Waals surface area contributed by atoms with Gasteiger partial charge in [0.1, 0.15) is 11.3 Å². The van der Waals surface area contributed by atoms with E-state index in [2.05, 4.69) is 16.1 Å². The predicted molar refractivity (Wildman–Crippen MR) is 97.1 cm³/mol. The quantitative estimate of drug-likeness (QED) is 0.645. The van der Waals surface area contributed by atoms with Crippen LogP contribution in [0.15, 0.2) is 53.1 Å². The molecular formula is C19H22N4O4. The summed E-state index contributed by atoms with van der Waals surface area (Å²) in [5, 5.41) is 6.44. The van der Waals surface area contributed by atoms with E-state index in [0.29, 0.717) is 17.7 Å². The molecule has 2 aromatic rings. The van der Waals surface area contributed by atoms with E-state index in [1.165, 1.54) is 0 Å². The lowest BCUT2D eigenvalue weighted by Crippen LogP contribution is -2.50. The maximum Gasteiger partial charge on any atom is 0.344 e. The number of amides is 4. The third-order valence-corrected chi connectivity index (χ3v) is 4.66. The minimum atomic E-state index is -1.18. The standard InChI is InChI=1S/C19H22N4O4/c1-3-19(14-8-5-4-6-9-14)17(25)23(18(26)21-19)22-16(24)12-20-13(2)15-10-7-11-27-15/h4-11,13,20H,3,12H2,1-2H3,(H,21,26)(H,22,24)/t13-,19+/m0/s1. The molecule has 3 N–H and O–H groups in total. The molecule has 4 amide bonds. The molecule has 1 aromatic heterocycles. The van der Waals surface area contributed by atoms with Crippen molar-refractivity contribution in [3.8, 4) is 0 Å². The summed E-state index contributed by atoms with van der Waals surface area (Å²) < 4.78 is 5.26. The fraction of sp³-hybridized carbons (Fsp3) is 0.316. The van der Waals surface area contributed by atoms with Crippen LogP contribution in [0.3, 0.4) is 0 Å². The van der Waals surface area contributed by atoms with Crippen LogP contribution in [0, 0.1) is 0 Å². The van der Waals surface area contributed by atoms with Crippen LogP contribution in [-0.2, 0) is 15.1 Å². The molecule has 0 saturated carbocycles. The summed E-state index contributed by atoms with van der Waals surface area (Å²) in [6.07, 6.45) is 1.91. The second-order valence-electron chi connectivity index (χ2n) is 6.35. The largest absolute Gasteiger partial charge is 0.468 e. The summed E-state index contributed by atoms with van der Waals surface area (Å²) in [5.41, 5.74) is 1.87. The smallest absolute Gasteiger partial charge is 0.344 e. The van der Waals surface area contributed by atoms with Crippen LogP contribution in [0.5, 0.6) is 0 Å². The second kappa shape index (κ2) is 7.63. The van der Waals surface area contributed by atoms with Crippen LogP contribution in [-0.4, -0.2) is 29.4 Å². The highest BCUT2D eigenvalue weighted by Crippen LogP contribution is 2.31. The normalized spacial score (nSPS) is 20.4. The molecule has 8 heteroatoms. The van der Waals surface area contributed by atoms with Gasteiger partial charge < -0.3 is 9.73 Å². The summed E-state index contributed by atoms with van der Waals surface area (Å²) >= 11 is 0. The zero-order valence-electron chi connectivity index (χ0n) is 15.2. The van der Waals surface area contributed by atoms with Gasteiger partial charge in [0.05, 0.1) is 18.8 Å². The molecule has 8 nitrogen and oxygen atoms in total. The molecule has 0 bridgehead atoms. The van der Waals surface area contributed by atoms with Gasteiger partial charge in [-0.15, -0.1) is 0 Å². The molecule has 142 valence electrons. The maximum absolute atomic E-state index is 12.9. The van der Waals surface area contributed by atoms with Crippen LogP contribution in [0.2, 0.25) is 0 Å². The Hall–Kier alpha value is -3.13. The highest BCUT2D eigenvalue weighted by atomic mass is 16.3. The number of furan rings is 1. The molecule has 0 aliphatic carbocycles. The molecule has 1 saturated heterocycles. The number of benzene rings is 1. The minimum absolute atomic E-state index is 0.0800. The third-order valence-electron chi connectivity index (χ3n) is 4.66. The number of rotatable bonds is 7. The molecule has 0 spiro atoms. The van der Waals surface area contributed by atoms with Crippen molar-refractivity contribution in [1.29, 1.82) is 0 Å². The van der Waals surface area contributed by atoms with Crippen LogP contribution in [0.1, 0.15) is 37.6 Å². The molecule has 0 radical (unpaired) electrons. The molecule has 1 fully saturated rings. The highest BCUT2D eigenvalue weighted by molar-refractivity contribution is 6.08. The lowest BCUT2D eigenvalue weighted by Gasteiger charge is -2.25. The number of urea groups is 1. The summed E-state index contributed by atoms with van der Waals surface area (Å²) in [6.45, 7) is 3.57. The van der Waals surface area contributed by atoms with E-state index < -0.39 is 23.4 Å². The van der Waals surface area contributed by atoms with Crippen LogP contribution in [0.25, 0.3) is 0 Å². The molecule has 3 rings (SSSR count). The lowest BCUT2D eigenvalue weighted by molar-refractivity contribution is -0.139. The molecule has 1 aliphatic rings. The van der Waals surface area contributed by atoms with Crippen LogP contribution < -0.4 is 16.1 Å². The van der Waals surface area contributed by atoms with E-state index in [9.17, 15) is 14.4 Å². The number of nitrogens with zero attached hydrogens (tertiary/aromatic N) is 1. The Morgan fingerprint density at radius 3 is 2.59 bits per heavy atom. The van der Waals surface area contributed by atoms with Gasteiger partial charge >= 0.3 is 6.03 Å². The van der Waals surface area contributed by atoms with Crippen molar-refractivity contribution < 1.29 is 18.8 Å². The van der Waals surface area contributed by atoms with E-state index in [-0.39, 0.29) is 12.6 Å². The lowest BCUT2D eigenvalue weighted by atomic mass is 9.87. The number of nitrogens with one attached hydrogen (secondary N) is 3. The van der Waals surface area contributed by atoms with Crippen LogP contribution >= 0.6 is 0 Å². The van der Waals surface area contributed by atoms with Crippen molar-refractivity contribution in [2.75, 3.05) is 6.54 Å². The SMILES string of the molecule is CC[C@]1(c2ccccc2)NC(=O)N(NC(=O)CN[C@@H](C)c2ccco2)C1=O. The van der Waals surface area contributed by atoms with Gasteiger partial charge in [0.2, 0.25) is 0 Å². The van der Waals surface area contributed by atoms with Crippen molar-refractivity contribution in [2.24, 2.45) is 0 Å². The van der Waals surface area contributed by atoms with Gasteiger partial charge in [0.25, 0.3) is 11.8 Å². The first kappa shape index (κ1) is 18.7. The van der Waals surface area contributed by atoms with Gasteiger partial charge in [-0.3, -0.25) is 20.3 Å². The third kappa shape index (κ3) is 3.56. The molecule has 1 aliphatic heterocycles. The Labute approximate surface area is 156 Å². The van der Waals surface area contributed by atoms with E-state index in [0.717, 1.165) is 5.01 Å². The van der Waals surface area contributed by atoms with E-state index in [1.807, 2.05) is 19.9 Å². The zero-order valence-corrected chi connectivity index (χ0v) is 15.2. The highest BCUT2D eigenvalue weighted by Gasteiger charge is 2.52. The summed E-state index contributed by atoms with van der Waals surface area (Å²) in [6, 6.07) is 11.7. The van der Waals surface area contributed by atoms with Crippen molar-refractivity contribution in [3.05, 3.63) is 60.1 Å². The summed E-state index contributed by atoms with van der Waals surface area (Å²) in [5.74, 6) is -0.322. The van der Waals surface area contributed by atoms with Gasteiger partial charge in [0.15, 0.2) is 0 Å². The van der Waals surface area contributed by atoms with E-state index in [1.54, 1.807) is 42.7 Å². The molecule has 1 aromatic carbocycles. The first-order valence-electron chi connectivity index (χ1n) is 8.76. The first-order chi connectivity index (χ1) is 13.0. The summed E-state index contributed by atoms with van der Waals surface area (Å²) in [4.78, 5) is 37.5. The minimum Gasteiger partial charge on any atom is -0.468 e. The average Bonchev–Trinajstić information content (AvgIpc) is 3.30. The van der Waals surface area contributed by atoms with Crippen molar-refractivity contribution in [2.45, 2.75) is 31.8 Å². The fourth-order valence-electron chi connectivity index (χ4n) is 3.09. The van der Waals surface area contributed by atoms with Crippen molar-refractivity contribution >= 4 is 17.8 Å². The Morgan fingerprint density at radius 2 is 1.96 bits per heavy atom. The number of hydrogen-bond donors (Lipinski definition) is 3.